The van der Waals surface area contributed by atoms with E-state index in [-0.39, 0.29) is 12.1 Å². The van der Waals surface area contributed by atoms with Gasteiger partial charge in [0, 0.05) is 24.0 Å². The summed E-state index contributed by atoms with van der Waals surface area (Å²) in [4.78, 5) is 13.5. The van der Waals surface area contributed by atoms with Crippen LogP contribution in [0.4, 0.5) is 0 Å². The Morgan fingerprint density at radius 1 is 1.50 bits per heavy atom. The predicted octanol–water partition coefficient (Wildman–Crippen LogP) is 2.78. The molecule has 0 amide bonds. The van der Waals surface area contributed by atoms with Gasteiger partial charge in [-0.2, -0.15) is 0 Å². The molecule has 0 radical (unpaired) electrons. The summed E-state index contributed by atoms with van der Waals surface area (Å²) in [6, 6.07) is 8.16. The Morgan fingerprint density at radius 2 is 2.30 bits per heavy atom. The average molecular weight is 342 g/mol. The molecule has 20 heavy (non-hydrogen) atoms. The lowest BCUT2D eigenvalue weighted by Crippen LogP contribution is -2.39. The Morgan fingerprint density at radius 3 is 3.05 bits per heavy atom. The maximum atomic E-state index is 11.1. The number of carbonyl (C=O) groups excluding carboxylic acids is 1. The number of rotatable bonds is 5. The summed E-state index contributed by atoms with van der Waals surface area (Å²) in [7, 11) is 1.43. The van der Waals surface area contributed by atoms with E-state index in [9.17, 15) is 4.79 Å². The summed E-state index contributed by atoms with van der Waals surface area (Å²) in [6.07, 6.45) is 1.40. The Kier molecular flexibility index (Phi) is 6.01. The van der Waals surface area contributed by atoms with Crippen LogP contribution in [0.15, 0.2) is 28.7 Å². The van der Waals surface area contributed by atoms with Gasteiger partial charge in [0.1, 0.15) is 0 Å². The van der Waals surface area contributed by atoms with Gasteiger partial charge >= 0.3 is 5.97 Å². The maximum absolute atomic E-state index is 11.1. The van der Waals surface area contributed by atoms with Gasteiger partial charge in [-0.1, -0.05) is 34.1 Å². The first-order valence-electron chi connectivity index (χ1n) is 6.86. The van der Waals surface area contributed by atoms with Crippen LogP contribution >= 0.6 is 15.9 Å². The van der Waals surface area contributed by atoms with Crippen molar-refractivity contribution in [3.05, 3.63) is 34.3 Å². The molecule has 0 saturated carbocycles. The van der Waals surface area contributed by atoms with Gasteiger partial charge in [0.05, 0.1) is 19.8 Å². The first kappa shape index (κ1) is 15.5. The summed E-state index contributed by atoms with van der Waals surface area (Å²) >= 11 is 3.57. The molecule has 0 N–H and O–H groups in total. The zero-order valence-electron chi connectivity index (χ0n) is 11.7. The standard InChI is InChI=1S/C15H20BrNO3/c1-19-15(18)7-4-8-17-9-10-20-14(11-17)12-5-2-3-6-13(12)16/h2-3,5-6,14H,4,7-11H2,1H3. The first-order valence-corrected chi connectivity index (χ1v) is 7.65. The highest BCUT2D eigenvalue weighted by Gasteiger charge is 2.23. The normalized spacial score (nSPS) is 19.8. The number of benzene rings is 1. The lowest BCUT2D eigenvalue weighted by atomic mass is 10.1. The molecule has 1 fully saturated rings. The third-order valence-corrected chi connectivity index (χ3v) is 4.21. The van der Waals surface area contributed by atoms with Crippen molar-refractivity contribution in [3.63, 3.8) is 0 Å². The summed E-state index contributed by atoms with van der Waals surface area (Å²) in [5, 5.41) is 0. The molecule has 1 aliphatic heterocycles. The number of halogens is 1. The topological polar surface area (TPSA) is 38.8 Å². The van der Waals surface area contributed by atoms with E-state index in [0.29, 0.717) is 6.42 Å². The van der Waals surface area contributed by atoms with Crippen molar-refractivity contribution >= 4 is 21.9 Å². The Bertz CT molecular complexity index is 452. The summed E-state index contributed by atoms with van der Waals surface area (Å²) in [6.45, 7) is 3.41. The molecule has 1 unspecified atom stereocenters. The smallest absolute Gasteiger partial charge is 0.305 e. The minimum Gasteiger partial charge on any atom is -0.469 e. The van der Waals surface area contributed by atoms with E-state index in [1.807, 2.05) is 18.2 Å². The van der Waals surface area contributed by atoms with E-state index in [2.05, 4.69) is 31.6 Å². The molecule has 1 atom stereocenters. The van der Waals surface area contributed by atoms with Crippen molar-refractivity contribution in [2.75, 3.05) is 33.4 Å². The maximum Gasteiger partial charge on any atom is 0.305 e. The van der Waals surface area contributed by atoms with Crippen LogP contribution in [0.5, 0.6) is 0 Å². The van der Waals surface area contributed by atoms with Crippen molar-refractivity contribution in [1.29, 1.82) is 0 Å². The number of ether oxygens (including phenoxy) is 2. The van der Waals surface area contributed by atoms with Crippen molar-refractivity contribution in [3.8, 4) is 0 Å². The molecule has 1 aromatic carbocycles. The molecular weight excluding hydrogens is 322 g/mol. The lowest BCUT2D eigenvalue weighted by Gasteiger charge is -2.33. The highest BCUT2D eigenvalue weighted by atomic mass is 79.9. The van der Waals surface area contributed by atoms with Gasteiger partial charge in [-0.15, -0.1) is 0 Å². The molecule has 0 bridgehead atoms. The second-order valence-electron chi connectivity index (χ2n) is 4.86. The number of methoxy groups -OCH3 is 1. The fourth-order valence-corrected chi connectivity index (χ4v) is 2.92. The van der Waals surface area contributed by atoms with Crippen LogP contribution < -0.4 is 0 Å². The summed E-state index contributed by atoms with van der Waals surface area (Å²) in [5.41, 5.74) is 1.19. The molecular formula is C15H20BrNO3. The molecule has 0 spiro atoms. The van der Waals surface area contributed by atoms with Crippen LogP contribution in [-0.4, -0.2) is 44.2 Å². The summed E-state index contributed by atoms with van der Waals surface area (Å²) in [5.74, 6) is -0.138. The average Bonchev–Trinajstić information content (AvgIpc) is 2.48. The molecule has 1 saturated heterocycles. The van der Waals surface area contributed by atoms with Crippen molar-refractivity contribution in [1.82, 2.24) is 4.90 Å². The minimum atomic E-state index is -0.138. The zero-order valence-corrected chi connectivity index (χ0v) is 13.3. The van der Waals surface area contributed by atoms with Crippen molar-refractivity contribution < 1.29 is 14.3 Å². The van der Waals surface area contributed by atoms with Gasteiger partial charge in [-0.05, 0) is 24.6 Å². The number of nitrogens with zero attached hydrogens (tertiary/aromatic N) is 1. The van der Waals surface area contributed by atoms with E-state index in [0.717, 1.165) is 37.1 Å². The summed E-state index contributed by atoms with van der Waals surface area (Å²) < 4.78 is 11.6. The molecule has 4 nitrogen and oxygen atoms in total. The van der Waals surface area contributed by atoms with Gasteiger partial charge in [0.25, 0.3) is 0 Å². The van der Waals surface area contributed by atoms with Gasteiger partial charge in [0.2, 0.25) is 0 Å². The number of hydrogen-bond acceptors (Lipinski definition) is 4. The predicted molar refractivity (Wildman–Crippen MR) is 80.5 cm³/mol. The van der Waals surface area contributed by atoms with E-state index >= 15 is 0 Å². The number of carbonyl (C=O) groups is 1. The Balaban J connectivity index is 1.86. The molecule has 1 aromatic rings. The monoisotopic (exact) mass is 341 g/mol. The minimum absolute atomic E-state index is 0.0949. The van der Waals surface area contributed by atoms with E-state index in [1.165, 1.54) is 12.7 Å². The number of morpholine rings is 1. The van der Waals surface area contributed by atoms with E-state index in [4.69, 9.17) is 4.74 Å². The van der Waals surface area contributed by atoms with E-state index in [1.54, 1.807) is 0 Å². The third kappa shape index (κ3) is 4.30. The largest absolute Gasteiger partial charge is 0.469 e. The lowest BCUT2D eigenvalue weighted by molar-refractivity contribution is -0.140. The third-order valence-electron chi connectivity index (χ3n) is 3.49. The zero-order chi connectivity index (χ0) is 14.4. The molecule has 1 heterocycles. The first-order chi connectivity index (χ1) is 9.70. The molecule has 2 rings (SSSR count). The molecule has 0 aliphatic carbocycles. The second-order valence-corrected chi connectivity index (χ2v) is 5.72. The van der Waals surface area contributed by atoms with Crippen LogP contribution in [0.3, 0.4) is 0 Å². The number of esters is 1. The van der Waals surface area contributed by atoms with Gasteiger partial charge in [-0.3, -0.25) is 9.69 Å². The second kappa shape index (κ2) is 7.76. The molecule has 1 aliphatic rings. The fraction of sp³-hybridized carbons (Fsp3) is 0.533. The van der Waals surface area contributed by atoms with Crippen molar-refractivity contribution in [2.45, 2.75) is 18.9 Å². The van der Waals surface area contributed by atoms with Gasteiger partial charge in [0.15, 0.2) is 0 Å². The number of hydrogen-bond donors (Lipinski definition) is 0. The van der Waals surface area contributed by atoms with Crippen LogP contribution in [-0.2, 0) is 14.3 Å². The quantitative estimate of drug-likeness (QED) is 0.772. The molecule has 5 heteroatoms. The van der Waals surface area contributed by atoms with Crippen LogP contribution in [0.1, 0.15) is 24.5 Å². The fourth-order valence-electron chi connectivity index (χ4n) is 2.38. The van der Waals surface area contributed by atoms with Crippen LogP contribution in [0, 0.1) is 0 Å². The van der Waals surface area contributed by atoms with E-state index < -0.39 is 0 Å². The van der Waals surface area contributed by atoms with Crippen LogP contribution in [0.25, 0.3) is 0 Å². The highest BCUT2D eigenvalue weighted by Crippen LogP contribution is 2.28. The molecule has 0 aromatic heterocycles. The van der Waals surface area contributed by atoms with Gasteiger partial charge < -0.3 is 9.47 Å². The van der Waals surface area contributed by atoms with Crippen LogP contribution in [0.2, 0.25) is 0 Å². The molecule has 110 valence electrons. The SMILES string of the molecule is COC(=O)CCCN1CCOC(c2ccccc2Br)C1. The van der Waals surface area contributed by atoms with Gasteiger partial charge in [-0.25, -0.2) is 0 Å². The van der Waals surface area contributed by atoms with Crippen molar-refractivity contribution in [2.24, 2.45) is 0 Å². The Hall–Kier alpha value is -0.910. The Labute approximate surface area is 128 Å². The highest BCUT2D eigenvalue weighted by molar-refractivity contribution is 9.10.